The van der Waals surface area contributed by atoms with Crippen LogP contribution in [0.15, 0.2) is 54.8 Å². The van der Waals surface area contributed by atoms with Gasteiger partial charge in [0.15, 0.2) is 33.1 Å². The topological polar surface area (TPSA) is 0 Å². The predicted molar refractivity (Wildman–Crippen MR) is 80.2 cm³/mol. The molecule has 0 aliphatic carbocycles. The summed E-state index contributed by atoms with van der Waals surface area (Å²) in [5.74, 6) is -3.77. The van der Waals surface area contributed by atoms with Crippen molar-refractivity contribution in [2.45, 2.75) is 33.4 Å². The van der Waals surface area contributed by atoms with E-state index in [0.717, 1.165) is 40.9 Å². The molecular weight excluding hydrogens is 332 g/mol. The van der Waals surface area contributed by atoms with E-state index in [9.17, 15) is 17.6 Å². The minimum Gasteiger partial charge on any atom is -0.204 e. The van der Waals surface area contributed by atoms with Crippen LogP contribution in [0.3, 0.4) is 0 Å². The zero-order valence-corrected chi connectivity index (χ0v) is 13.3. The highest BCUT2D eigenvalue weighted by atomic mass is 32.2. The number of benzene rings is 2. The molecule has 0 saturated carbocycles. The highest BCUT2D eigenvalue weighted by Gasteiger charge is 2.39. The lowest BCUT2D eigenvalue weighted by Gasteiger charge is -2.19. The van der Waals surface area contributed by atoms with Gasteiger partial charge in [-0.2, -0.15) is 0 Å². The van der Waals surface area contributed by atoms with Crippen LogP contribution in [0.1, 0.15) is 13.8 Å². The SMILES string of the molecule is C/C=C(\C)[S+]1c2cc(F)c(F)cc2Sc2cc(F)c(F)cc21. The second kappa shape index (κ2) is 5.66. The molecule has 0 radical (unpaired) electrons. The molecule has 0 amide bonds. The smallest absolute Gasteiger partial charge is 0.183 e. The highest BCUT2D eigenvalue weighted by Crippen LogP contribution is 2.49. The van der Waals surface area contributed by atoms with Gasteiger partial charge in [0.25, 0.3) is 0 Å². The molecule has 3 rings (SSSR count). The lowest BCUT2D eigenvalue weighted by atomic mass is 10.3. The summed E-state index contributed by atoms with van der Waals surface area (Å²) < 4.78 is 54.3. The van der Waals surface area contributed by atoms with E-state index in [1.807, 2.05) is 19.9 Å². The molecule has 0 unspecified atom stereocenters. The quantitative estimate of drug-likeness (QED) is 0.475. The number of fused-ring (bicyclic) bond motifs is 2. The highest BCUT2D eigenvalue weighted by molar-refractivity contribution is 8.05. The summed E-state index contributed by atoms with van der Waals surface area (Å²) >= 11 is 1.13. The summed E-state index contributed by atoms with van der Waals surface area (Å²) in [6.07, 6.45) is 1.84. The minimum atomic E-state index is -0.945. The maximum Gasteiger partial charge on any atom is 0.183 e. The van der Waals surface area contributed by atoms with Crippen molar-refractivity contribution in [3.8, 4) is 0 Å². The third-order valence-electron chi connectivity index (χ3n) is 3.36. The summed E-state index contributed by atoms with van der Waals surface area (Å²) in [5.41, 5.74) is 0. The van der Waals surface area contributed by atoms with E-state index in [1.165, 1.54) is 0 Å². The molecular formula is C16H11F4S2+. The molecule has 0 atom stereocenters. The molecule has 114 valence electrons. The lowest BCUT2D eigenvalue weighted by Crippen LogP contribution is -2.13. The van der Waals surface area contributed by atoms with E-state index in [-0.39, 0.29) is 0 Å². The van der Waals surface area contributed by atoms with Crippen LogP contribution in [-0.2, 0) is 10.9 Å². The second-order valence-corrected chi connectivity index (χ2v) is 7.95. The van der Waals surface area contributed by atoms with Crippen LogP contribution in [0.25, 0.3) is 0 Å². The van der Waals surface area contributed by atoms with Crippen molar-refractivity contribution in [1.82, 2.24) is 0 Å². The summed E-state index contributed by atoms with van der Waals surface area (Å²) in [5, 5.41) is 0. The van der Waals surface area contributed by atoms with E-state index < -0.39 is 34.2 Å². The molecule has 1 aliphatic heterocycles. The molecule has 6 heteroatoms. The molecule has 1 aliphatic rings. The molecule has 0 saturated heterocycles. The van der Waals surface area contributed by atoms with Crippen molar-refractivity contribution in [3.63, 3.8) is 0 Å². The molecule has 0 N–H and O–H groups in total. The first kappa shape index (κ1) is 15.5. The molecule has 2 aromatic carbocycles. The van der Waals surface area contributed by atoms with Gasteiger partial charge in [-0.1, -0.05) is 11.8 Å². The fraction of sp³-hybridized carbons (Fsp3) is 0.125. The molecule has 0 spiro atoms. The first-order chi connectivity index (χ1) is 10.4. The van der Waals surface area contributed by atoms with Crippen molar-refractivity contribution in [1.29, 1.82) is 0 Å². The van der Waals surface area contributed by atoms with Gasteiger partial charge in [-0.05, 0) is 25.1 Å². The minimum absolute atomic E-state index is 0.530. The van der Waals surface area contributed by atoms with Crippen molar-refractivity contribution in [2.24, 2.45) is 0 Å². The van der Waals surface area contributed by atoms with Gasteiger partial charge in [0.2, 0.25) is 0 Å². The Hall–Kier alpha value is -1.40. The van der Waals surface area contributed by atoms with Crippen molar-refractivity contribution < 1.29 is 17.6 Å². The average Bonchev–Trinajstić information content (AvgIpc) is 2.48. The Morgan fingerprint density at radius 1 is 0.864 bits per heavy atom. The summed E-state index contributed by atoms with van der Waals surface area (Å²) in [4.78, 5) is 3.14. The molecule has 1 heterocycles. The average molecular weight is 343 g/mol. The Morgan fingerprint density at radius 2 is 1.27 bits per heavy atom. The first-order valence-corrected chi connectivity index (χ1v) is 8.49. The van der Waals surface area contributed by atoms with Crippen LogP contribution in [0.5, 0.6) is 0 Å². The number of rotatable bonds is 1. The largest absolute Gasteiger partial charge is 0.204 e. The van der Waals surface area contributed by atoms with Crippen molar-refractivity contribution in [2.75, 3.05) is 0 Å². The van der Waals surface area contributed by atoms with Crippen LogP contribution < -0.4 is 0 Å². The monoisotopic (exact) mass is 343 g/mol. The van der Waals surface area contributed by atoms with Gasteiger partial charge in [-0.25, -0.2) is 17.6 Å². The molecule has 22 heavy (non-hydrogen) atoms. The fourth-order valence-corrected chi connectivity index (χ4v) is 5.96. The Morgan fingerprint density at radius 3 is 1.68 bits per heavy atom. The van der Waals surface area contributed by atoms with E-state index >= 15 is 0 Å². The normalized spacial score (nSPS) is 14.7. The van der Waals surface area contributed by atoms with Gasteiger partial charge in [0, 0.05) is 19.1 Å². The van der Waals surface area contributed by atoms with E-state index in [4.69, 9.17) is 0 Å². The first-order valence-electron chi connectivity index (χ1n) is 6.45. The van der Waals surface area contributed by atoms with Gasteiger partial charge in [0.1, 0.15) is 4.91 Å². The van der Waals surface area contributed by atoms with Crippen LogP contribution in [0.2, 0.25) is 0 Å². The Balaban J connectivity index is 2.29. The fourth-order valence-electron chi connectivity index (χ4n) is 2.20. The lowest BCUT2D eigenvalue weighted by molar-refractivity contribution is 0.499. The maximum absolute atomic E-state index is 13.6. The van der Waals surface area contributed by atoms with E-state index in [2.05, 4.69) is 0 Å². The Labute approximate surface area is 132 Å². The van der Waals surface area contributed by atoms with E-state index in [0.29, 0.717) is 19.6 Å². The van der Waals surface area contributed by atoms with Gasteiger partial charge in [-0.15, -0.1) is 0 Å². The number of hydrogen-bond acceptors (Lipinski definition) is 1. The van der Waals surface area contributed by atoms with Gasteiger partial charge < -0.3 is 0 Å². The third kappa shape index (κ3) is 2.44. The van der Waals surface area contributed by atoms with Gasteiger partial charge in [0.05, 0.1) is 20.7 Å². The molecule has 0 aromatic heterocycles. The molecule has 2 aromatic rings. The van der Waals surface area contributed by atoms with Crippen LogP contribution in [-0.4, -0.2) is 0 Å². The predicted octanol–water partition coefficient (Wildman–Crippen LogP) is 5.67. The van der Waals surface area contributed by atoms with Crippen LogP contribution >= 0.6 is 11.8 Å². The summed E-state index contributed by atoms with van der Waals surface area (Å²) in [6, 6.07) is 4.53. The van der Waals surface area contributed by atoms with Gasteiger partial charge >= 0.3 is 0 Å². The third-order valence-corrected chi connectivity index (χ3v) is 7.17. The van der Waals surface area contributed by atoms with Crippen molar-refractivity contribution in [3.05, 3.63) is 58.5 Å². The standard InChI is InChI=1S/C16H11F4S2/c1-3-8(2)22-15-6-11(19)9(17)4-13(15)21-14-5-10(18)12(20)7-16(14)22/h3-7H,1-2H3/q+1/b8-3+. The van der Waals surface area contributed by atoms with Crippen molar-refractivity contribution >= 4 is 22.7 Å². The number of hydrogen-bond donors (Lipinski definition) is 0. The zero-order chi connectivity index (χ0) is 16.0. The molecule has 0 bridgehead atoms. The molecule has 0 nitrogen and oxygen atoms in total. The van der Waals surface area contributed by atoms with Crippen LogP contribution in [0.4, 0.5) is 17.6 Å². The summed E-state index contributed by atoms with van der Waals surface area (Å²) in [7, 11) is -0.749. The Kier molecular flexibility index (Phi) is 3.99. The summed E-state index contributed by atoms with van der Waals surface area (Å²) in [6.45, 7) is 3.67. The Bertz CT molecular complexity index is 742. The number of allylic oxidation sites excluding steroid dienone is 2. The van der Waals surface area contributed by atoms with E-state index in [1.54, 1.807) is 0 Å². The van der Waals surface area contributed by atoms with Gasteiger partial charge in [-0.3, -0.25) is 0 Å². The zero-order valence-electron chi connectivity index (χ0n) is 11.7. The maximum atomic E-state index is 13.6. The number of halogens is 4. The molecule has 0 fully saturated rings. The van der Waals surface area contributed by atoms with Crippen LogP contribution in [0, 0.1) is 23.3 Å². The second-order valence-electron chi connectivity index (χ2n) is 4.73.